The Morgan fingerprint density at radius 2 is 1.97 bits per heavy atom. The van der Waals surface area contributed by atoms with Crippen LogP contribution in [0.5, 0.6) is 0 Å². The van der Waals surface area contributed by atoms with Crippen molar-refractivity contribution >= 4 is 43.3 Å². The van der Waals surface area contributed by atoms with Gasteiger partial charge in [-0.25, -0.2) is 18.7 Å². The van der Waals surface area contributed by atoms with Gasteiger partial charge in [-0.05, 0) is 37.1 Å². The molecule has 4 aromatic rings. The van der Waals surface area contributed by atoms with Gasteiger partial charge in [-0.3, -0.25) is 9.88 Å². The summed E-state index contributed by atoms with van der Waals surface area (Å²) >= 11 is 0.960. The van der Waals surface area contributed by atoms with Gasteiger partial charge in [0, 0.05) is 41.7 Å². The number of rotatable bonds is 3. The van der Waals surface area contributed by atoms with Crippen LogP contribution in [0.3, 0.4) is 0 Å². The van der Waals surface area contributed by atoms with Crippen LogP contribution in [0.4, 0.5) is 19.7 Å². The summed E-state index contributed by atoms with van der Waals surface area (Å²) in [6.07, 6.45) is 4.98. The Labute approximate surface area is 208 Å². The third-order valence-corrected chi connectivity index (χ3v) is 8.61. The van der Waals surface area contributed by atoms with Crippen LogP contribution in [0.25, 0.3) is 32.2 Å². The molecule has 11 heteroatoms. The molecular formula is C25H21F2N7OS. The van der Waals surface area contributed by atoms with E-state index in [-0.39, 0.29) is 50.6 Å². The average Bonchev–Trinajstić information content (AvgIpc) is 3.58. The van der Waals surface area contributed by atoms with Crippen molar-refractivity contribution in [3.05, 3.63) is 40.7 Å². The first-order valence-corrected chi connectivity index (χ1v) is 12.7. The van der Waals surface area contributed by atoms with Crippen molar-refractivity contribution in [3.63, 3.8) is 0 Å². The zero-order valence-electron chi connectivity index (χ0n) is 19.2. The van der Waals surface area contributed by atoms with E-state index >= 15 is 4.39 Å². The number of hydrogen-bond donors (Lipinski definition) is 1. The number of nitrogens with two attached hydrogens (primary N) is 1. The van der Waals surface area contributed by atoms with E-state index in [1.807, 2.05) is 6.07 Å². The van der Waals surface area contributed by atoms with Crippen LogP contribution in [-0.4, -0.2) is 52.1 Å². The molecule has 0 aliphatic carbocycles. The number of anilines is 2. The molecule has 2 saturated heterocycles. The second kappa shape index (κ2) is 8.03. The lowest BCUT2D eigenvalue weighted by Crippen LogP contribution is -2.46. The molecule has 3 aliphatic rings. The number of aromatic nitrogens is 3. The van der Waals surface area contributed by atoms with Gasteiger partial charge < -0.3 is 15.4 Å². The number of hydrogen-bond acceptors (Lipinski definition) is 9. The number of nitrogen functional groups attached to an aromatic ring is 1. The standard InChI is InChI=1S/C25H21F2N7OS/c26-17-8-30-22(19-13(6-28)24(29)36-23(17)19)18-16-11-35-10-15(16)14-7-31-25(32-21(14)20(18)27)34-5-2-12(9-34)33-3-1-4-33/h7-8,12H,1-5,9-11,29H2/t12-/m1/s1. The molecule has 0 spiro atoms. The number of pyridine rings is 1. The number of nitriles is 1. The first-order chi connectivity index (χ1) is 17.5. The molecule has 36 heavy (non-hydrogen) atoms. The van der Waals surface area contributed by atoms with Gasteiger partial charge in [-0.1, -0.05) is 0 Å². The SMILES string of the molecule is N#Cc1c(N)sc2c(F)cnc(-c3c4c(c5cnc(N6CC[C@@H](N7CCC7)C6)nc5c3F)COC4)c12. The van der Waals surface area contributed by atoms with Gasteiger partial charge >= 0.3 is 0 Å². The van der Waals surface area contributed by atoms with Gasteiger partial charge in [-0.2, -0.15) is 5.26 Å². The summed E-state index contributed by atoms with van der Waals surface area (Å²) < 4.78 is 36.9. The van der Waals surface area contributed by atoms with E-state index in [1.165, 1.54) is 6.42 Å². The highest BCUT2D eigenvalue weighted by Crippen LogP contribution is 2.45. The Kier molecular flexibility index (Phi) is 4.86. The second-order valence-electron chi connectivity index (χ2n) is 9.46. The minimum atomic E-state index is -0.601. The summed E-state index contributed by atoms with van der Waals surface area (Å²) in [7, 11) is 0. The first-order valence-electron chi connectivity index (χ1n) is 11.9. The third-order valence-electron chi connectivity index (χ3n) is 7.59. The highest BCUT2D eigenvalue weighted by molar-refractivity contribution is 7.23. The molecule has 2 N–H and O–H groups in total. The predicted octanol–water partition coefficient (Wildman–Crippen LogP) is 3.95. The monoisotopic (exact) mass is 505 g/mol. The van der Waals surface area contributed by atoms with Gasteiger partial charge in [0.2, 0.25) is 5.95 Å². The smallest absolute Gasteiger partial charge is 0.226 e. The van der Waals surface area contributed by atoms with Crippen LogP contribution in [0.2, 0.25) is 0 Å². The molecule has 0 saturated carbocycles. The van der Waals surface area contributed by atoms with Crippen LogP contribution >= 0.6 is 11.3 Å². The minimum Gasteiger partial charge on any atom is -0.389 e. The molecule has 3 aliphatic heterocycles. The number of likely N-dealkylation sites (tertiary alicyclic amines) is 1. The Balaban J connectivity index is 1.42. The van der Waals surface area contributed by atoms with Crippen molar-refractivity contribution in [3.8, 4) is 17.3 Å². The number of nitrogens with zero attached hydrogens (tertiary/aromatic N) is 6. The Bertz CT molecular complexity index is 1610. The largest absolute Gasteiger partial charge is 0.389 e. The minimum absolute atomic E-state index is 0.0987. The van der Waals surface area contributed by atoms with Crippen molar-refractivity contribution in [1.82, 2.24) is 19.9 Å². The van der Waals surface area contributed by atoms with Crippen LogP contribution in [-0.2, 0) is 18.0 Å². The van der Waals surface area contributed by atoms with Crippen LogP contribution in [0.15, 0.2) is 12.4 Å². The Hall–Kier alpha value is -3.46. The molecule has 3 aromatic heterocycles. The molecule has 0 amide bonds. The van der Waals surface area contributed by atoms with Crippen molar-refractivity contribution in [2.45, 2.75) is 32.1 Å². The summed E-state index contributed by atoms with van der Waals surface area (Å²) in [4.78, 5) is 18.1. The van der Waals surface area contributed by atoms with E-state index in [2.05, 4.69) is 24.8 Å². The molecule has 182 valence electrons. The molecule has 8 nitrogen and oxygen atoms in total. The number of fused-ring (bicyclic) bond motifs is 4. The van der Waals surface area contributed by atoms with Crippen molar-refractivity contribution in [2.75, 3.05) is 36.8 Å². The second-order valence-corrected chi connectivity index (χ2v) is 10.5. The average molecular weight is 506 g/mol. The van der Waals surface area contributed by atoms with Crippen molar-refractivity contribution in [1.29, 1.82) is 5.26 Å². The maximum absolute atomic E-state index is 16.4. The molecule has 0 radical (unpaired) electrons. The molecule has 0 bridgehead atoms. The molecule has 6 heterocycles. The van der Waals surface area contributed by atoms with Gasteiger partial charge in [0.25, 0.3) is 0 Å². The van der Waals surface area contributed by atoms with Crippen LogP contribution in [0, 0.1) is 23.0 Å². The van der Waals surface area contributed by atoms with Gasteiger partial charge in [-0.15, -0.1) is 11.3 Å². The zero-order valence-corrected chi connectivity index (χ0v) is 20.0. The van der Waals surface area contributed by atoms with Gasteiger partial charge in [0.15, 0.2) is 11.6 Å². The highest BCUT2D eigenvalue weighted by Gasteiger charge is 2.33. The zero-order chi connectivity index (χ0) is 24.6. The molecule has 1 atom stereocenters. The van der Waals surface area contributed by atoms with E-state index in [9.17, 15) is 9.65 Å². The van der Waals surface area contributed by atoms with Crippen molar-refractivity contribution < 1.29 is 13.5 Å². The summed E-state index contributed by atoms with van der Waals surface area (Å²) in [5.74, 6) is -0.689. The maximum atomic E-state index is 16.4. The lowest BCUT2D eigenvalue weighted by atomic mass is 9.94. The molecule has 0 unspecified atom stereocenters. The molecule has 2 fully saturated rings. The Morgan fingerprint density at radius 3 is 2.75 bits per heavy atom. The van der Waals surface area contributed by atoms with E-state index in [0.29, 0.717) is 22.9 Å². The molecule has 7 rings (SSSR count). The topological polar surface area (TPSA) is 104 Å². The fourth-order valence-electron chi connectivity index (χ4n) is 5.62. The maximum Gasteiger partial charge on any atom is 0.226 e. The number of ether oxygens (including phenoxy) is 1. The highest BCUT2D eigenvalue weighted by atomic mass is 32.1. The fraction of sp³-hybridized carbons (Fsp3) is 0.360. The van der Waals surface area contributed by atoms with E-state index in [1.54, 1.807) is 6.20 Å². The normalized spacial score (nSPS) is 19.7. The summed E-state index contributed by atoms with van der Waals surface area (Å²) in [6.45, 7) is 4.33. The van der Waals surface area contributed by atoms with Gasteiger partial charge in [0.1, 0.15) is 16.6 Å². The number of halogens is 2. The summed E-state index contributed by atoms with van der Waals surface area (Å²) in [5, 5.41) is 10.7. The van der Waals surface area contributed by atoms with Crippen LogP contribution in [0.1, 0.15) is 29.5 Å². The Morgan fingerprint density at radius 1 is 1.14 bits per heavy atom. The van der Waals surface area contributed by atoms with E-state index < -0.39 is 11.6 Å². The quantitative estimate of drug-likeness (QED) is 0.446. The van der Waals surface area contributed by atoms with Crippen LogP contribution < -0.4 is 10.6 Å². The van der Waals surface area contributed by atoms with Crippen molar-refractivity contribution in [2.24, 2.45) is 0 Å². The van der Waals surface area contributed by atoms with E-state index in [4.69, 9.17) is 10.5 Å². The first kappa shape index (κ1) is 21.8. The predicted molar refractivity (Wildman–Crippen MR) is 132 cm³/mol. The summed E-state index contributed by atoms with van der Waals surface area (Å²) in [5.41, 5.74) is 8.04. The van der Waals surface area contributed by atoms with E-state index in [0.717, 1.165) is 55.7 Å². The van der Waals surface area contributed by atoms with Gasteiger partial charge in [0.05, 0.1) is 35.4 Å². The number of thiophene rings is 1. The third kappa shape index (κ3) is 3.05. The lowest BCUT2D eigenvalue weighted by molar-refractivity contribution is 0.129. The lowest BCUT2D eigenvalue weighted by Gasteiger charge is -2.36. The number of benzene rings is 1. The fourth-order valence-corrected chi connectivity index (χ4v) is 6.54. The molecule has 1 aromatic carbocycles. The summed E-state index contributed by atoms with van der Waals surface area (Å²) in [6, 6.07) is 2.51. The molecular weight excluding hydrogens is 484 g/mol.